The third-order valence-electron chi connectivity index (χ3n) is 1.57. The van der Waals surface area contributed by atoms with Gasteiger partial charge in [-0.1, -0.05) is 30.3 Å². The van der Waals surface area contributed by atoms with Crippen LogP contribution in [0.3, 0.4) is 0 Å². The van der Waals surface area contributed by atoms with Crippen molar-refractivity contribution in [3.8, 4) is 0 Å². The number of rotatable bonds is 5. The van der Waals surface area contributed by atoms with Crippen LogP contribution in [0.2, 0.25) is 0 Å². The molecular formula is C9H13NO3S. The molecule has 0 fully saturated rings. The van der Waals surface area contributed by atoms with Gasteiger partial charge in [-0.25, -0.2) is 0 Å². The lowest BCUT2D eigenvalue weighted by atomic mass is 10.2. The summed E-state index contributed by atoms with van der Waals surface area (Å²) in [5.41, 5.74) is 3.52. The van der Waals surface area contributed by atoms with Gasteiger partial charge in [0, 0.05) is 6.54 Å². The summed E-state index contributed by atoms with van der Waals surface area (Å²) in [4.78, 5) is 0. The highest BCUT2D eigenvalue weighted by atomic mass is 32.2. The molecule has 0 atom stereocenters. The van der Waals surface area contributed by atoms with Crippen LogP contribution in [-0.2, 0) is 20.8 Å². The van der Waals surface area contributed by atoms with Gasteiger partial charge >= 0.3 is 0 Å². The number of benzene rings is 1. The van der Waals surface area contributed by atoms with E-state index >= 15 is 0 Å². The third kappa shape index (κ3) is 4.96. The van der Waals surface area contributed by atoms with Crippen LogP contribution in [0.25, 0.3) is 0 Å². The second-order valence-electron chi connectivity index (χ2n) is 2.92. The highest BCUT2D eigenvalue weighted by Gasteiger charge is 1.99. The van der Waals surface area contributed by atoms with Crippen LogP contribution < -0.4 is 5.48 Å². The van der Waals surface area contributed by atoms with E-state index < -0.39 is 10.1 Å². The molecule has 14 heavy (non-hydrogen) atoms. The molecule has 78 valence electrons. The fourth-order valence-electron chi connectivity index (χ4n) is 0.989. The number of nitrogens with one attached hydrogen (secondary N) is 1. The standard InChI is InChI=1S/C9H13NO3S/c1-14(11,12)13-10-8-7-9-5-3-2-4-6-9/h2-6,10H,7-8H2,1H3. The molecule has 1 N–H and O–H groups in total. The van der Waals surface area contributed by atoms with E-state index in [-0.39, 0.29) is 0 Å². The van der Waals surface area contributed by atoms with Gasteiger partial charge in [0.05, 0.1) is 6.26 Å². The molecule has 1 rings (SSSR count). The average Bonchev–Trinajstić information content (AvgIpc) is 2.13. The first-order valence-corrected chi connectivity index (χ1v) is 6.05. The summed E-state index contributed by atoms with van der Waals surface area (Å²) in [6.07, 6.45) is 1.73. The van der Waals surface area contributed by atoms with Crippen molar-refractivity contribution in [3.63, 3.8) is 0 Å². The van der Waals surface area contributed by atoms with Crippen molar-refractivity contribution in [1.29, 1.82) is 0 Å². The summed E-state index contributed by atoms with van der Waals surface area (Å²) < 4.78 is 25.5. The van der Waals surface area contributed by atoms with Crippen LogP contribution in [0, 0.1) is 0 Å². The fraction of sp³-hybridized carbons (Fsp3) is 0.333. The Morgan fingerprint density at radius 1 is 1.29 bits per heavy atom. The van der Waals surface area contributed by atoms with E-state index in [2.05, 4.69) is 9.76 Å². The molecule has 0 aromatic heterocycles. The van der Waals surface area contributed by atoms with Gasteiger partial charge in [-0.2, -0.15) is 18.2 Å². The average molecular weight is 215 g/mol. The largest absolute Gasteiger partial charge is 0.280 e. The van der Waals surface area contributed by atoms with Crippen molar-refractivity contribution in [2.45, 2.75) is 6.42 Å². The highest BCUT2D eigenvalue weighted by Crippen LogP contribution is 1.98. The predicted octanol–water partition coefficient (Wildman–Crippen LogP) is 0.710. The molecule has 1 aromatic carbocycles. The van der Waals surface area contributed by atoms with E-state index in [4.69, 9.17) is 0 Å². The third-order valence-corrected chi connectivity index (χ3v) is 1.99. The molecule has 0 unspecified atom stereocenters. The van der Waals surface area contributed by atoms with Gasteiger partial charge in [-0.05, 0) is 12.0 Å². The minimum absolute atomic E-state index is 0.469. The Morgan fingerprint density at radius 2 is 1.93 bits per heavy atom. The van der Waals surface area contributed by atoms with E-state index in [1.807, 2.05) is 30.3 Å². The van der Waals surface area contributed by atoms with E-state index in [1.54, 1.807) is 0 Å². The van der Waals surface area contributed by atoms with Crippen molar-refractivity contribution in [2.75, 3.05) is 12.8 Å². The molecule has 0 bridgehead atoms. The topological polar surface area (TPSA) is 55.4 Å². The molecule has 0 saturated carbocycles. The quantitative estimate of drug-likeness (QED) is 0.580. The summed E-state index contributed by atoms with van der Waals surface area (Å²) >= 11 is 0. The number of hydrogen-bond acceptors (Lipinski definition) is 4. The van der Waals surface area contributed by atoms with Gasteiger partial charge in [0.25, 0.3) is 10.1 Å². The SMILES string of the molecule is CS(=O)(=O)ONCCc1ccccc1. The molecule has 5 heteroatoms. The molecule has 4 nitrogen and oxygen atoms in total. The van der Waals surface area contributed by atoms with E-state index in [1.165, 1.54) is 0 Å². The molecule has 0 spiro atoms. The van der Waals surface area contributed by atoms with Gasteiger partial charge in [0.15, 0.2) is 0 Å². The molecule has 0 aliphatic carbocycles. The van der Waals surface area contributed by atoms with Gasteiger partial charge in [0.1, 0.15) is 0 Å². The Bertz CT molecular complexity index is 361. The molecule has 1 aromatic rings. The van der Waals surface area contributed by atoms with E-state index in [0.717, 1.165) is 18.2 Å². The lowest BCUT2D eigenvalue weighted by Crippen LogP contribution is -2.21. The maximum atomic E-state index is 10.6. The van der Waals surface area contributed by atoms with Crippen molar-refractivity contribution < 1.29 is 12.7 Å². The lowest BCUT2D eigenvalue weighted by Gasteiger charge is -2.02. The van der Waals surface area contributed by atoms with Crippen LogP contribution in [0.1, 0.15) is 5.56 Å². The minimum Gasteiger partial charge on any atom is -0.198 e. The summed E-state index contributed by atoms with van der Waals surface area (Å²) in [5.74, 6) is 0. The maximum Gasteiger partial charge on any atom is 0.280 e. The molecule has 0 radical (unpaired) electrons. The zero-order valence-corrected chi connectivity index (χ0v) is 8.75. The van der Waals surface area contributed by atoms with Gasteiger partial charge in [0.2, 0.25) is 0 Å². The van der Waals surface area contributed by atoms with Gasteiger partial charge < -0.3 is 0 Å². The Morgan fingerprint density at radius 3 is 2.50 bits per heavy atom. The molecular weight excluding hydrogens is 202 g/mol. The van der Waals surface area contributed by atoms with E-state index in [0.29, 0.717) is 6.54 Å². The Balaban J connectivity index is 2.23. The van der Waals surface area contributed by atoms with Crippen LogP contribution in [-0.4, -0.2) is 21.2 Å². The lowest BCUT2D eigenvalue weighted by molar-refractivity contribution is 0.208. The summed E-state index contributed by atoms with van der Waals surface area (Å²) in [6, 6.07) is 9.76. The highest BCUT2D eigenvalue weighted by molar-refractivity contribution is 7.85. The van der Waals surface area contributed by atoms with Crippen LogP contribution in [0.15, 0.2) is 30.3 Å². The van der Waals surface area contributed by atoms with Crippen LogP contribution >= 0.6 is 0 Å². The minimum atomic E-state index is -3.39. The van der Waals surface area contributed by atoms with Crippen molar-refractivity contribution in [2.24, 2.45) is 0 Å². The van der Waals surface area contributed by atoms with Crippen molar-refractivity contribution in [3.05, 3.63) is 35.9 Å². The molecule has 0 amide bonds. The van der Waals surface area contributed by atoms with Crippen LogP contribution in [0.4, 0.5) is 0 Å². The van der Waals surface area contributed by atoms with Crippen molar-refractivity contribution in [1.82, 2.24) is 5.48 Å². The molecule has 0 saturated heterocycles. The Kier molecular flexibility index (Phi) is 4.06. The first-order chi connectivity index (χ1) is 6.58. The first-order valence-electron chi connectivity index (χ1n) is 4.23. The van der Waals surface area contributed by atoms with Crippen molar-refractivity contribution >= 4 is 10.1 Å². The Labute approximate surface area is 84.0 Å². The smallest absolute Gasteiger partial charge is 0.198 e. The van der Waals surface area contributed by atoms with Gasteiger partial charge in [-0.15, -0.1) is 0 Å². The zero-order chi connectivity index (χ0) is 10.4. The normalized spacial score (nSPS) is 11.5. The summed E-state index contributed by atoms with van der Waals surface area (Å²) in [6.45, 7) is 0.469. The molecule has 0 heterocycles. The second-order valence-corrected chi connectivity index (χ2v) is 4.49. The fourth-order valence-corrected chi connectivity index (χ4v) is 1.29. The Hall–Kier alpha value is -0.910. The van der Waals surface area contributed by atoms with Crippen LogP contribution in [0.5, 0.6) is 0 Å². The predicted molar refractivity (Wildman–Crippen MR) is 54.1 cm³/mol. The van der Waals surface area contributed by atoms with E-state index in [9.17, 15) is 8.42 Å². The summed E-state index contributed by atoms with van der Waals surface area (Å²) in [7, 11) is -3.39. The number of hydrogen-bond donors (Lipinski definition) is 1. The summed E-state index contributed by atoms with van der Waals surface area (Å²) in [5, 5.41) is 0. The first kappa shape index (κ1) is 11.2. The monoisotopic (exact) mass is 215 g/mol. The zero-order valence-electron chi connectivity index (χ0n) is 7.93. The molecule has 0 aliphatic rings. The molecule has 0 aliphatic heterocycles. The second kappa shape index (κ2) is 5.09. The number of hydroxylamine groups is 1. The maximum absolute atomic E-state index is 10.6. The van der Waals surface area contributed by atoms with Gasteiger partial charge in [-0.3, -0.25) is 0 Å².